The molecule has 1 aliphatic carbocycles. The molecule has 22 heavy (non-hydrogen) atoms. The Morgan fingerprint density at radius 2 is 2.09 bits per heavy atom. The van der Waals surface area contributed by atoms with Gasteiger partial charge >= 0.3 is 6.03 Å². The van der Waals surface area contributed by atoms with Crippen molar-refractivity contribution in [3.8, 4) is 0 Å². The van der Waals surface area contributed by atoms with Crippen molar-refractivity contribution in [2.75, 3.05) is 26.8 Å². The molecule has 0 aromatic heterocycles. The van der Waals surface area contributed by atoms with Crippen LogP contribution in [0.5, 0.6) is 0 Å². The minimum Gasteiger partial charge on any atom is -0.379 e. The quantitative estimate of drug-likeness (QED) is 0.782. The molecular formula is C15H25N3O4. The van der Waals surface area contributed by atoms with E-state index in [4.69, 9.17) is 9.47 Å². The second-order valence-corrected chi connectivity index (χ2v) is 6.43. The van der Waals surface area contributed by atoms with Crippen LogP contribution in [0.3, 0.4) is 0 Å². The van der Waals surface area contributed by atoms with Crippen LogP contribution in [0.25, 0.3) is 0 Å². The Morgan fingerprint density at radius 1 is 1.36 bits per heavy atom. The van der Waals surface area contributed by atoms with Gasteiger partial charge in [-0.1, -0.05) is 12.8 Å². The first-order valence-electron chi connectivity index (χ1n) is 8.15. The highest BCUT2D eigenvalue weighted by atomic mass is 16.5. The van der Waals surface area contributed by atoms with Crippen LogP contribution in [0.2, 0.25) is 0 Å². The van der Waals surface area contributed by atoms with Gasteiger partial charge < -0.3 is 25.0 Å². The highest BCUT2D eigenvalue weighted by Gasteiger charge is 2.42. The molecule has 3 aliphatic rings. The number of carbonyl (C=O) groups excluding carboxylic acids is 2. The fraction of sp³-hybridized carbons (Fsp3) is 0.867. The lowest BCUT2D eigenvalue weighted by Gasteiger charge is -2.39. The zero-order valence-corrected chi connectivity index (χ0v) is 13.1. The van der Waals surface area contributed by atoms with E-state index in [0.29, 0.717) is 25.9 Å². The van der Waals surface area contributed by atoms with E-state index >= 15 is 0 Å². The number of urea groups is 1. The number of piperidine rings is 1. The van der Waals surface area contributed by atoms with Gasteiger partial charge in [-0.2, -0.15) is 0 Å². The summed E-state index contributed by atoms with van der Waals surface area (Å²) >= 11 is 0. The summed E-state index contributed by atoms with van der Waals surface area (Å²) in [5.41, 5.74) is -0.548. The third kappa shape index (κ3) is 3.20. The Balaban J connectivity index is 1.50. The monoisotopic (exact) mass is 311 g/mol. The van der Waals surface area contributed by atoms with E-state index < -0.39 is 5.72 Å². The van der Waals surface area contributed by atoms with Crippen LogP contribution in [0.1, 0.15) is 38.5 Å². The van der Waals surface area contributed by atoms with Crippen LogP contribution in [0.15, 0.2) is 0 Å². The molecule has 1 saturated carbocycles. The predicted molar refractivity (Wildman–Crippen MR) is 79.2 cm³/mol. The number of carbonyl (C=O) groups is 2. The Kier molecular flexibility index (Phi) is 4.54. The Morgan fingerprint density at radius 3 is 2.73 bits per heavy atom. The summed E-state index contributed by atoms with van der Waals surface area (Å²) < 4.78 is 11.0. The molecule has 1 spiro atoms. The van der Waals surface area contributed by atoms with Crippen LogP contribution in [0.4, 0.5) is 4.79 Å². The van der Waals surface area contributed by atoms with Gasteiger partial charge in [0.1, 0.15) is 12.3 Å². The van der Waals surface area contributed by atoms with Crippen LogP contribution >= 0.6 is 0 Å². The third-order valence-electron chi connectivity index (χ3n) is 5.02. The molecule has 0 unspecified atom stereocenters. The molecule has 2 aliphatic heterocycles. The van der Waals surface area contributed by atoms with Crippen molar-refractivity contribution < 1.29 is 19.1 Å². The standard InChI is InChI=1S/C15H25N3O4/c1-21-12-5-3-2-4-11(12)16-14(20)18-8-6-15(7-9-18)17-13(19)10-22-15/h11-12H,2-10H2,1H3,(H,16,20)(H,17,19)/t11-,12-/m0/s1. The van der Waals surface area contributed by atoms with Crippen molar-refractivity contribution in [3.63, 3.8) is 0 Å². The number of rotatable bonds is 2. The van der Waals surface area contributed by atoms with Crippen LogP contribution in [-0.4, -0.2) is 61.5 Å². The van der Waals surface area contributed by atoms with Crippen molar-refractivity contribution in [1.29, 1.82) is 0 Å². The lowest BCUT2D eigenvalue weighted by atomic mass is 9.92. The van der Waals surface area contributed by atoms with Crippen molar-refractivity contribution in [3.05, 3.63) is 0 Å². The number of methoxy groups -OCH3 is 1. The highest BCUT2D eigenvalue weighted by molar-refractivity contribution is 5.80. The van der Waals surface area contributed by atoms with Gasteiger partial charge in [0.15, 0.2) is 0 Å². The van der Waals surface area contributed by atoms with Gasteiger partial charge in [-0.25, -0.2) is 4.79 Å². The maximum absolute atomic E-state index is 12.4. The first kappa shape index (κ1) is 15.6. The van der Waals surface area contributed by atoms with E-state index in [0.717, 1.165) is 25.7 Å². The minimum absolute atomic E-state index is 0.0341. The normalized spacial score (nSPS) is 31.1. The van der Waals surface area contributed by atoms with E-state index in [-0.39, 0.29) is 30.7 Å². The topological polar surface area (TPSA) is 79.9 Å². The molecule has 2 saturated heterocycles. The van der Waals surface area contributed by atoms with Crippen molar-refractivity contribution in [2.24, 2.45) is 0 Å². The summed E-state index contributed by atoms with van der Waals surface area (Å²) in [6, 6.07) is 0.0673. The first-order valence-corrected chi connectivity index (χ1v) is 8.15. The van der Waals surface area contributed by atoms with Gasteiger partial charge in [0.05, 0.1) is 12.1 Å². The predicted octanol–water partition coefficient (Wildman–Crippen LogP) is 0.592. The van der Waals surface area contributed by atoms with E-state index in [1.807, 2.05) is 0 Å². The first-order chi connectivity index (χ1) is 10.6. The van der Waals surface area contributed by atoms with E-state index in [9.17, 15) is 9.59 Å². The summed E-state index contributed by atoms with van der Waals surface area (Å²) in [7, 11) is 1.71. The molecule has 0 aromatic carbocycles. The fourth-order valence-corrected chi connectivity index (χ4v) is 3.66. The van der Waals surface area contributed by atoms with Gasteiger partial charge in [-0.05, 0) is 12.8 Å². The molecule has 0 bridgehead atoms. The molecule has 3 rings (SSSR count). The second-order valence-electron chi connectivity index (χ2n) is 6.43. The summed E-state index contributed by atoms with van der Waals surface area (Å²) in [6.45, 7) is 1.32. The molecule has 0 radical (unpaired) electrons. The fourth-order valence-electron chi connectivity index (χ4n) is 3.66. The van der Waals surface area contributed by atoms with Crippen molar-refractivity contribution >= 4 is 11.9 Å². The second kappa shape index (κ2) is 6.42. The zero-order valence-electron chi connectivity index (χ0n) is 13.1. The molecule has 3 fully saturated rings. The van der Waals surface area contributed by atoms with Gasteiger partial charge in [-0.3, -0.25) is 4.79 Å². The van der Waals surface area contributed by atoms with E-state index in [1.54, 1.807) is 12.0 Å². The summed E-state index contributed by atoms with van der Waals surface area (Å²) in [5, 5.41) is 6.00. The van der Waals surface area contributed by atoms with Gasteiger partial charge in [0.25, 0.3) is 0 Å². The maximum atomic E-state index is 12.4. The molecule has 7 nitrogen and oxygen atoms in total. The van der Waals surface area contributed by atoms with E-state index in [2.05, 4.69) is 10.6 Å². The average molecular weight is 311 g/mol. The van der Waals surface area contributed by atoms with Crippen molar-refractivity contribution in [2.45, 2.75) is 56.4 Å². The third-order valence-corrected chi connectivity index (χ3v) is 5.02. The number of likely N-dealkylation sites (tertiary alicyclic amines) is 1. The number of nitrogens with one attached hydrogen (secondary N) is 2. The number of hydrogen-bond acceptors (Lipinski definition) is 4. The van der Waals surface area contributed by atoms with Gasteiger partial charge in [0, 0.05) is 33.0 Å². The molecule has 2 heterocycles. The molecule has 7 heteroatoms. The highest BCUT2D eigenvalue weighted by Crippen LogP contribution is 2.27. The summed E-state index contributed by atoms with van der Waals surface area (Å²) in [5.74, 6) is -0.0666. The Hall–Kier alpha value is -1.34. The minimum atomic E-state index is -0.548. The largest absolute Gasteiger partial charge is 0.379 e. The molecule has 0 aromatic rings. The maximum Gasteiger partial charge on any atom is 0.317 e. The summed E-state index contributed by atoms with van der Waals surface area (Å²) in [4.78, 5) is 25.6. The summed E-state index contributed by atoms with van der Waals surface area (Å²) in [6.07, 6.45) is 5.68. The SMILES string of the molecule is CO[C@H]1CCCC[C@@H]1NC(=O)N1CCC2(CC1)NC(=O)CO2. The molecular weight excluding hydrogens is 286 g/mol. The van der Waals surface area contributed by atoms with Gasteiger partial charge in [0.2, 0.25) is 5.91 Å². The molecule has 124 valence electrons. The smallest absolute Gasteiger partial charge is 0.317 e. The lowest BCUT2D eigenvalue weighted by Crippen LogP contribution is -2.57. The zero-order chi connectivity index (χ0) is 15.6. The molecule has 2 N–H and O–H groups in total. The Bertz CT molecular complexity index is 435. The van der Waals surface area contributed by atoms with Crippen molar-refractivity contribution in [1.82, 2.24) is 15.5 Å². The van der Waals surface area contributed by atoms with Crippen LogP contribution in [-0.2, 0) is 14.3 Å². The van der Waals surface area contributed by atoms with E-state index in [1.165, 1.54) is 0 Å². The average Bonchev–Trinajstić information content (AvgIpc) is 2.89. The van der Waals surface area contributed by atoms with Crippen LogP contribution < -0.4 is 10.6 Å². The number of amides is 3. The van der Waals surface area contributed by atoms with Gasteiger partial charge in [-0.15, -0.1) is 0 Å². The number of nitrogens with zero attached hydrogens (tertiary/aromatic N) is 1. The molecule has 3 amide bonds. The number of ether oxygens (including phenoxy) is 2. The Labute approximate surface area is 130 Å². The number of hydrogen-bond donors (Lipinski definition) is 2. The lowest BCUT2D eigenvalue weighted by molar-refractivity contribution is -0.119. The molecule has 2 atom stereocenters. The van der Waals surface area contributed by atoms with Crippen LogP contribution in [0, 0.1) is 0 Å².